The lowest BCUT2D eigenvalue weighted by molar-refractivity contribution is -0.136. The zero-order valence-corrected chi connectivity index (χ0v) is 16.0. The SMILES string of the molecule is C[C@@H](C(=O)N1CCCC1)N1CCN(CC(=O)Nc2ccccc2Cl)CC1. The number of amides is 2. The Labute approximate surface area is 160 Å². The van der Waals surface area contributed by atoms with Gasteiger partial charge in [-0.05, 0) is 31.9 Å². The molecular formula is C19H27ClN4O2. The fourth-order valence-corrected chi connectivity index (χ4v) is 3.81. The number of likely N-dealkylation sites (tertiary alicyclic amines) is 1. The highest BCUT2D eigenvalue weighted by Crippen LogP contribution is 2.20. The van der Waals surface area contributed by atoms with Crippen LogP contribution in [0.2, 0.25) is 5.02 Å². The van der Waals surface area contributed by atoms with Gasteiger partial charge in [0.2, 0.25) is 11.8 Å². The third kappa shape index (κ3) is 4.75. The molecule has 6 nitrogen and oxygen atoms in total. The zero-order chi connectivity index (χ0) is 18.5. The number of piperazine rings is 1. The fraction of sp³-hybridized carbons (Fsp3) is 0.579. The van der Waals surface area contributed by atoms with E-state index in [2.05, 4.69) is 15.1 Å². The molecule has 1 atom stereocenters. The molecule has 0 saturated carbocycles. The number of hydrogen-bond donors (Lipinski definition) is 1. The Balaban J connectivity index is 1.44. The number of anilines is 1. The van der Waals surface area contributed by atoms with Crippen LogP contribution in [-0.4, -0.2) is 78.4 Å². The number of carbonyl (C=O) groups excluding carboxylic acids is 2. The van der Waals surface area contributed by atoms with E-state index in [0.717, 1.165) is 52.1 Å². The van der Waals surface area contributed by atoms with E-state index in [9.17, 15) is 9.59 Å². The molecule has 0 aliphatic carbocycles. The van der Waals surface area contributed by atoms with Crippen LogP contribution in [0, 0.1) is 0 Å². The molecule has 0 bridgehead atoms. The largest absolute Gasteiger partial charge is 0.341 e. The first-order valence-corrected chi connectivity index (χ1v) is 9.72. The third-order valence-corrected chi connectivity index (χ3v) is 5.57. The van der Waals surface area contributed by atoms with Crippen molar-refractivity contribution in [1.29, 1.82) is 0 Å². The number of benzene rings is 1. The highest BCUT2D eigenvalue weighted by molar-refractivity contribution is 6.33. The average molecular weight is 379 g/mol. The molecule has 2 aliphatic rings. The van der Waals surface area contributed by atoms with Crippen molar-refractivity contribution in [3.8, 4) is 0 Å². The second kappa shape index (κ2) is 8.84. The molecular weight excluding hydrogens is 352 g/mol. The van der Waals surface area contributed by atoms with Gasteiger partial charge < -0.3 is 10.2 Å². The quantitative estimate of drug-likeness (QED) is 0.850. The molecule has 2 saturated heterocycles. The summed E-state index contributed by atoms with van der Waals surface area (Å²) in [6.07, 6.45) is 2.24. The molecule has 1 N–H and O–H groups in total. The summed E-state index contributed by atoms with van der Waals surface area (Å²) in [7, 11) is 0. The molecule has 0 radical (unpaired) electrons. The van der Waals surface area contributed by atoms with Crippen LogP contribution in [-0.2, 0) is 9.59 Å². The Morgan fingerprint density at radius 2 is 1.73 bits per heavy atom. The maximum absolute atomic E-state index is 12.5. The molecule has 26 heavy (non-hydrogen) atoms. The minimum Gasteiger partial charge on any atom is -0.341 e. The van der Waals surface area contributed by atoms with Gasteiger partial charge >= 0.3 is 0 Å². The second-order valence-corrected chi connectivity index (χ2v) is 7.46. The fourth-order valence-electron chi connectivity index (χ4n) is 3.62. The van der Waals surface area contributed by atoms with E-state index in [1.807, 2.05) is 24.0 Å². The number of hydrogen-bond acceptors (Lipinski definition) is 4. The molecule has 0 aromatic heterocycles. The molecule has 2 heterocycles. The Morgan fingerprint density at radius 3 is 2.38 bits per heavy atom. The Hall–Kier alpha value is -1.63. The van der Waals surface area contributed by atoms with Crippen molar-refractivity contribution in [3.63, 3.8) is 0 Å². The minimum atomic E-state index is -0.0767. The van der Waals surface area contributed by atoms with Crippen molar-refractivity contribution in [2.45, 2.75) is 25.8 Å². The van der Waals surface area contributed by atoms with Crippen LogP contribution >= 0.6 is 11.6 Å². The van der Waals surface area contributed by atoms with Crippen LogP contribution in [0.1, 0.15) is 19.8 Å². The number of carbonyl (C=O) groups is 2. The van der Waals surface area contributed by atoms with E-state index in [0.29, 0.717) is 17.3 Å². The highest BCUT2D eigenvalue weighted by Gasteiger charge is 2.30. The maximum Gasteiger partial charge on any atom is 0.239 e. The van der Waals surface area contributed by atoms with Crippen molar-refractivity contribution in [1.82, 2.24) is 14.7 Å². The smallest absolute Gasteiger partial charge is 0.239 e. The summed E-state index contributed by atoms with van der Waals surface area (Å²) in [4.78, 5) is 31.1. The average Bonchev–Trinajstić information content (AvgIpc) is 3.18. The van der Waals surface area contributed by atoms with Crippen molar-refractivity contribution in [3.05, 3.63) is 29.3 Å². The lowest BCUT2D eigenvalue weighted by Gasteiger charge is -2.38. The lowest BCUT2D eigenvalue weighted by atomic mass is 10.2. The van der Waals surface area contributed by atoms with Gasteiger partial charge in [0.25, 0.3) is 0 Å². The van der Waals surface area contributed by atoms with Gasteiger partial charge in [-0.2, -0.15) is 0 Å². The van der Waals surface area contributed by atoms with Crippen LogP contribution in [0.25, 0.3) is 0 Å². The minimum absolute atomic E-state index is 0.0623. The van der Waals surface area contributed by atoms with E-state index in [1.54, 1.807) is 12.1 Å². The summed E-state index contributed by atoms with van der Waals surface area (Å²) >= 11 is 6.08. The van der Waals surface area contributed by atoms with Crippen molar-refractivity contribution in [2.75, 3.05) is 51.1 Å². The predicted molar refractivity (Wildman–Crippen MR) is 103 cm³/mol. The van der Waals surface area contributed by atoms with Crippen molar-refractivity contribution in [2.24, 2.45) is 0 Å². The topological polar surface area (TPSA) is 55.9 Å². The van der Waals surface area contributed by atoms with E-state index < -0.39 is 0 Å². The summed E-state index contributed by atoms with van der Waals surface area (Å²) in [5.41, 5.74) is 0.641. The third-order valence-electron chi connectivity index (χ3n) is 5.24. The van der Waals surface area contributed by atoms with Gasteiger partial charge in [0, 0.05) is 39.3 Å². The number of rotatable bonds is 5. The van der Waals surface area contributed by atoms with Gasteiger partial charge in [-0.3, -0.25) is 19.4 Å². The van der Waals surface area contributed by atoms with Crippen LogP contribution in [0.5, 0.6) is 0 Å². The number of nitrogens with one attached hydrogen (secondary N) is 1. The molecule has 2 amide bonds. The molecule has 142 valence electrons. The molecule has 7 heteroatoms. The number of para-hydroxylation sites is 1. The van der Waals surface area contributed by atoms with E-state index >= 15 is 0 Å². The molecule has 3 rings (SSSR count). The van der Waals surface area contributed by atoms with E-state index in [-0.39, 0.29) is 17.9 Å². The predicted octanol–water partition coefficient (Wildman–Crippen LogP) is 1.91. The van der Waals surface area contributed by atoms with E-state index in [4.69, 9.17) is 11.6 Å². The van der Waals surface area contributed by atoms with Crippen LogP contribution in [0.4, 0.5) is 5.69 Å². The first-order chi connectivity index (χ1) is 12.5. The monoisotopic (exact) mass is 378 g/mol. The first kappa shape index (κ1) is 19.1. The maximum atomic E-state index is 12.5. The summed E-state index contributed by atoms with van der Waals surface area (Å²) in [6, 6.07) is 7.16. The Kier molecular flexibility index (Phi) is 6.51. The van der Waals surface area contributed by atoms with Crippen LogP contribution in [0.15, 0.2) is 24.3 Å². The van der Waals surface area contributed by atoms with Crippen molar-refractivity contribution < 1.29 is 9.59 Å². The van der Waals surface area contributed by atoms with Gasteiger partial charge in [-0.15, -0.1) is 0 Å². The summed E-state index contributed by atoms with van der Waals surface area (Å²) in [6.45, 7) is 7.31. The molecule has 2 aliphatic heterocycles. The van der Waals surface area contributed by atoms with Crippen LogP contribution in [0.3, 0.4) is 0 Å². The number of halogens is 1. The summed E-state index contributed by atoms with van der Waals surface area (Å²) < 4.78 is 0. The van der Waals surface area contributed by atoms with Gasteiger partial charge in [-0.1, -0.05) is 23.7 Å². The van der Waals surface area contributed by atoms with Gasteiger partial charge in [0.15, 0.2) is 0 Å². The zero-order valence-electron chi connectivity index (χ0n) is 15.3. The molecule has 1 aromatic rings. The Bertz CT molecular complexity index is 640. The van der Waals surface area contributed by atoms with Crippen LogP contribution < -0.4 is 5.32 Å². The summed E-state index contributed by atoms with van der Waals surface area (Å²) in [5, 5.41) is 3.40. The second-order valence-electron chi connectivity index (χ2n) is 7.05. The van der Waals surface area contributed by atoms with Gasteiger partial charge in [-0.25, -0.2) is 0 Å². The van der Waals surface area contributed by atoms with Gasteiger partial charge in [0.05, 0.1) is 23.3 Å². The lowest BCUT2D eigenvalue weighted by Crippen LogP contribution is -2.55. The highest BCUT2D eigenvalue weighted by atomic mass is 35.5. The van der Waals surface area contributed by atoms with Crippen molar-refractivity contribution >= 4 is 29.1 Å². The number of nitrogens with zero attached hydrogens (tertiary/aromatic N) is 3. The standard InChI is InChI=1S/C19H27ClN4O2/c1-15(19(26)24-8-4-5-9-24)23-12-10-22(11-13-23)14-18(25)21-17-7-3-2-6-16(17)20/h2-3,6-7,15H,4-5,8-14H2,1H3,(H,21,25)/t15-/m0/s1. The Morgan fingerprint density at radius 1 is 1.08 bits per heavy atom. The molecule has 1 aromatic carbocycles. The van der Waals surface area contributed by atoms with Gasteiger partial charge in [0.1, 0.15) is 0 Å². The van der Waals surface area contributed by atoms with E-state index in [1.165, 1.54) is 0 Å². The molecule has 0 spiro atoms. The normalized spacial score (nSPS) is 20.2. The summed E-state index contributed by atoms with van der Waals surface area (Å²) in [5.74, 6) is 0.181. The molecule has 2 fully saturated rings. The first-order valence-electron chi connectivity index (χ1n) is 9.34. The molecule has 0 unspecified atom stereocenters.